The number of nitriles is 1. The molecule has 0 aliphatic heterocycles. The summed E-state index contributed by atoms with van der Waals surface area (Å²) in [6, 6.07) is 9.68. The van der Waals surface area contributed by atoms with Crippen LogP contribution in [0.2, 0.25) is 0 Å². The first-order valence-electron chi connectivity index (χ1n) is 5.66. The number of aromatic nitrogens is 3. The summed E-state index contributed by atoms with van der Waals surface area (Å²) in [5.41, 5.74) is 1.31. The van der Waals surface area contributed by atoms with E-state index in [-0.39, 0.29) is 4.90 Å². The first-order chi connectivity index (χ1) is 9.63. The molecular weight excluding hydrogens is 276 g/mol. The maximum atomic E-state index is 12.5. The van der Waals surface area contributed by atoms with Crippen molar-refractivity contribution >= 4 is 21.1 Å². The van der Waals surface area contributed by atoms with Gasteiger partial charge in [0.25, 0.3) is 10.0 Å². The van der Waals surface area contributed by atoms with E-state index in [1.807, 2.05) is 6.07 Å². The Kier molecular flexibility index (Phi) is 2.73. The lowest BCUT2D eigenvalue weighted by Crippen LogP contribution is -2.11. The molecule has 3 aromatic rings. The topological polar surface area (TPSA) is 88.6 Å². The molecule has 0 N–H and O–H groups in total. The Bertz CT molecular complexity index is 924. The summed E-state index contributed by atoms with van der Waals surface area (Å²) in [6.07, 6.45) is 4.02. The molecule has 20 heavy (non-hydrogen) atoms. The van der Waals surface area contributed by atoms with Gasteiger partial charge in [0.2, 0.25) is 0 Å². The van der Waals surface area contributed by atoms with Gasteiger partial charge < -0.3 is 0 Å². The monoisotopic (exact) mass is 284 g/mol. The molecule has 0 spiro atoms. The number of pyridine rings is 1. The Morgan fingerprint density at radius 1 is 1.25 bits per heavy atom. The minimum Gasteiger partial charge on any atom is -0.263 e. The van der Waals surface area contributed by atoms with Gasteiger partial charge in [-0.3, -0.25) is 4.98 Å². The lowest BCUT2D eigenvalue weighted by molar-refractivity contribution is 0.588. The van der Waals surface area contributed by atoms with Crippen LogP contribution in [0.25, 0.3) is 11.0 Å². The highest BCUT2D eigenvalue weighted by molar-refractivity contribution is 7.90. The summed E-state index contributed by atoms with van der Waals surface area (Å²) >= 11 is 0. The Balaban J connectivity index is 2.23. The third-order valence-electron chi connectivity index (χ3n) is 2.83. The normalized spacial score (nSPS) is 11.3. The highest BCUT2D eigenvalue weighted by atomic mass is 32.2. The molecule has 0 saturated carbocycles. The van der Waals surface area contributed by atoms with E-state index in [0.29, 0.717) is 16.6 Å². The molecule has 0 radical (unpaired) electrons. The zero-order valence-corrected chi connectivity index (χ0v) is 10.9. The van der Waals surface area contributed by atoms with Crippen LogP contribution in [0, 0.1) is 11.3 Å². The number of rotatable bonds is 2. The van der Waals surface area contributed by atoms with E-state index in [0.717, 1.165) is 3.97 Å². The fraction of sp³-hybridized carbons (Fsp3) is 0. The summed E-state index contributed by atoms with van der Waals surface area (Å²) < 4.78 is 26.0. The predicted molar refractivity (Wildman–Crippen MR) is 71.3 cm³/mol. The minimum absolute atomic E-state index is 0.0867. The highest BCUT2D eigenvalue weighted by Gasteiger charge is 2.19. The van der Waals surface area contributed by atoms with Crippen LogP contribution in [-0.2, 0) is 10.0 Å². The molecule has 0 atom stereocenters. The molecule has 0 unspecified atom stereocenters. The van der Waals surface area contributed by atoms with Crippen LogP contribution in [0.5, 0.6) is 0 Å². The second kappa shape index (κ2) is 4.43. The molecule has 98 valence electrons. The Labute approximate surface area is 115 Å². The zero-order valence-electron chi connectivity index (χ0n) is 10.1. The van der Waals surface area contributed by atoms with E-state index < -0.39 is 10.0 Å². The lowest BCUT2D eigenvalue weighted by atomic mass is 10.2. The van der Waals surface area contributed by atoms with Gasteiger partial charge in [-0.1, -0.05) is 0 Å². The molecule has 6 nitrogen and oxygen atoms in total. The Morgan fingerprint density at radius 2 is 2.10 bits per heavy atom. The third kappa shape index (κ3) is 1.83. The first-order valence-corrected chi connectivity index (χ1v) is 7.10. The fourth-order valence-electron chi connectivity index (χ4n) is 1.86. The van der Waals surface area contributed by atoms with Crippen molar-refractivity contribution in [3.05, 3.63) is 54.6 Å². The number of fused-ring (bicyclic) bond motifs is 1. The molecule has 1 aromatic carbocycles. The minimum atomic E-state index is -3.73. The van der Waals surface area contributed by atoms with Crippen LogP contribution < -0.4 is 0 Å². The quantitative estimate of drug-likeness (QED) is 0.712. The van der Waals surface area contributed by atoms with E-state index in [1.54, 1.807) is 24.3 Å². The molecule has 7 heteroatoms. The van der Waals surface area contributed by atoms with Crippen molar-refractivity contribution in [2.24, 2.45) is 0 Å². The van der Waals surface area contributed by atoms with E-state index >= 15 is 0 Å². The Morgan fingerprint density at radius 3 is 2.80 bits per heavy atom. The molecule has 2 aromatic heterocycles. The van der Waals surface area contributed by atoms with Gasteiger partial charge in [-0.2, -0.15) is 5.26 Å². The average molecular weight is 284 g/mol. The van der Waals surface area contributed by atoms with Crippen LogP contribution in [0.3, 0.4) is 0 Å². The molecule has 0 fully saturated rings. The van der Waals surface area contributed by atoms with E-state index in [4.69, 9.17) is 5.26 Å². The largest absolute Gasteiger partial charge is 0.271 e. The summed E-state index contributed by atoms with van der Waals surface area (Å²) in [6.45, 7) is 0. The van der Waals surface area contributed by atoms with Crippen LogP contribution in [0.4, 0.5) is 0 Å². The molecule has 0 saturated heterocycles. The average Bonchev–Trinajstić information content (AvgIpc) is 2.91. The van der Waals surface area contributed by atoms with Gasteiger partial charge in [0.15, 0.2) is 0 Å². The molecular formula is C13H8N4O2S. The first kappa shape index (κ1) is 12.3. The summed E-state index contributed by atoms with van der Waals surface area (Å²) in [5.74, 6) is 0. The molecule has 3 rings (SSSR count). The number of benzene rings is 1. The van der Waals surface area contributed by atoms with Crippen molar-refractivity contribution in [3.63, 3.8) is 0 Å². The van der Waals surface area contributed by atoms with Gasteiger partial charge in [0.05, 0.1) is 22.7 Å². The van der Waals surface area contributed by atoms with Crippen LogP contribution >= 0.6 is 0 Å². The summed E-state index contributed by atoms with van der Waals surface area (Å²) in [7, 11) is -3.73. The lowest BCUT2D eigenvalue weighted by Gasteiger charge is -2.05. The third-order valence-corrected chi connectivity index (χ3v) is 4.48. The van der Waals surface area contributed by atoms with Gasteiger partial charge in [0.1, 0.15) is 11.2 Å². The van der Waals surface area contributed by atoms with Crippen molar-refractivity contribution in [1.82, 2.24) is 13.9 Å². The van der Waals surface area contributed by atoms with Crippen LogP contribution in [0.15, 0.2) is 53.9 Å². The second-order valence-corrected chi connectivity index (χ2v) is 5.86. The molecule has 0 amide bonds. The molecule has 2 heterocycles. The zero-order chi connectivity index (χ0) is 14.2. The van der Waals surface area contributed by atoms with Gasteiger partial charge in [-0.05, 0) is 30.3 Å². The maximum absolute atomic E-state index is 12.5. The standard InChI is InChI=1S/C13H8N4O2S/c14-7-10-3-4-13-12(6-10)16-9-17(13)20(18,19)11-2-1-5-15-8-11/h1-6,8-9H. The Hall–Kier alpha value is -2.72. The van der Waals surface area contributed by atoms with Crippen molar-refractivity contribution in [1.29, 1.82) is 5.26 Å². The second-order valence-electron chi connectivity index (χ2n) is 4.05. The SMILES string of the molecule is N#Cc1ccc2c(c1)ncn2S(=O)(=O)c1cccnc1. The summed E-state index contributed by atoms with van der Waals surface area (Å²) in [5, 5.41) is 8.83. The van der Waals surface area contributed by atoms with Crippen molar-refractivity contribution in [2.45, 2.75) is 4.90 Å². The van der Waals surface area contributed by atoms with Gasteiger partial charge in [-0.25, -0.2) is 17.4 Å². The number of hydrogen-bond donors (Lipinski definition) is 0. The van der Waals surface area contributed by atoms with Crippen LogP contribution in [0.1, 0.15) is 5.56 Å². The van der Waals surface area contributed by atoms with Crippen molar-refractivity contribution < 1.29 is 8.42 Å². The van der Waals surface area contributed by atoms with Crippen molar-refractivity contribution in [3.8, 4) is 6.07 Å². The van der Waals surface area contributed by atoms with Gasteiger partial charge in [0, 0.05) is 12.4 Å². The number of hydrogen-bond acceptors (Lipinski definition) is 5. The number of imidazole rings is 1. The molecule has 0 aliphatic carbocycles. The van der Waals surface area contributed by atoms with Gasteiger partial charge >= 0.3 is 0 Å². The molecule has 0 aliphatic rings. The smallest absolute Gasteiger partial charge is 0.263 e. The van der Waals surface area contributed by atoms with Crippen molar-refractivity contribution in [2.75, 3.05) is 0 Å². The number of nitrogens with zero attached hydrogens (tertiary/aromatic N) is 4. The maximum Gasteiger partial charge on any atom is 0.271 e. The summed E-state index contributed by atoms with van der Waals surface area (Å²) in [4.78, 5) is 7.93. The van der Waals surface area contributed by atoms with E-state index in [1.165, 1.54) is 24.8 Å². The molecule has 0 bridgehead atoms. The predicted octanol–water partition coefficient (Wildman–Crippen LogP) is 1.54. The van der Waals surface area contributed by atoms with E-state index in [2.05, 4.69) is 9.97 Å². The fourth-order valence-corrected chi connectivity index (χ4v) is 3.12. The van der Waals surface area contributed by atoms with E-state index in [9.17, 15) is 8.42 Å². The highest BCUT2D eigenvalue weighted by Crippen LogP contribution is 2.20. The van der Waals surface area contributed by atoms with Gasteiger partial charge in [-0.15, -0.1) is 0 Å². The van der Waals surface area contributed by atoms with Crippen LogP contribution in [-0.4, -0.2) is 22.4 Å².